The van der Waals surface area contributed by atoms with E-state index in [1.54, 1.807) is 12.1 Å². The number of carbonyl (C=O) groups is 2. The van der Waals surface area contributed by atoms with E-state index >= 15 is 0 Å². The molecule has 0 N–H and O–H groups in total. The first-order valence-electron chi connectivity index (χ1n) is 5.43. The molecule has 84 valence electrons. The zero-order valence-electron chi connectivity index (χ0n) is 9.32. The largest absolute Gasteiger partial charge is 0.449 e. The number of Topliss-reactive ketones (excluding diaryl/α,β-unsaturated/α-hetero) is 1. The van der Waals surface area contributed by atoms with Gasteiger partial charge in [-0.2, -0.15) is 0 Å². The van der Waals surface area contributed by atoms with Crippen LogP contribution in [-0.4, -0.2) is 11.6 Å². The maximum absolute atomic E-state index is 12.1. The van der Waals surface area contributed by atoms with Crippen LogP contribution in [0.2, 0.25) is 0 Å². The lowest BCUT2D eigenvalue weighted by atomic mass is 9.90. The Labute approximate surface area is 98.1 Å². The highest BCUT2D eigenvalue weighted by Gasteiger charge is 2.27. The number of benzene rings is 1. The summed E-state index contributed by atoms with van der Waals surface area (Å²) in [5, 5.41) is 0. The molecule has 17 heavy (non-hydrogen) atoms. The van der Waals surface area contributed by atoms with Gasteiger partial charge in [0.2, 0.25) is 5.78 Å². The Hall–Kier alpha value is -2.16. The fourth-order valence-electron chi connectivity index (χ4n) is 2.15. The van der Waals surface area contributed by atoms with E-state index in [-0.39, 0.29) is 17.3 Å². The lowest BCUT2D eigenvalue weighted by molar-refractivity contribution is 0.0971. The van der Waals surface area contributed by atoms with Gasteiger partial charge in [-0.15, -0.1) is 0 Å². The highest BCUT2D eigenvalue weighted by molar-refractivity contribution is 6.11. The van der Waals surface area contributed by atoms with Crippen molar-refractivity contribution in [2.24, 2.45) is 0 Å². The Morgan fingerprint density at radius 1 is 1.24 bits per heavy atom. The van der Waals surface area contributed by atoms with Crippen LogP contribution in [0.3, 0.4) is 0 Å². The summed E-state index contributed by atoms with van der Waals surface area (Å²) in [5.41, 5.74) is 2.46. The molecule has 0 radical (unpaired) electrons. The Morgan fingerprint density at radius 3 is 2.76 bits per heavy atom. The molecule has 0 saturated heterocycles. The quantitative estimate of drug-likeness (QED) is 0.599. The number of hydrogen-bond acceptors (Lipinski definition) is 3. The van der Waals surface area contributed by atoms with E-state index in [0.717, 1.165) is 11.1 Å². The van der Waals surface area contributed by atoms with E-state index < -0.39 is 0 Å². The molecule has 3 heteroatoms. The van der Waals surface area contributed by atoms with Crippen molar-refractivity contribution in [2.75, 3.05) is 0 Å². The van der Waals surface area contributed by atoms with Gasteiger partial charge in [-0.3, -0.25) is 9.59 Å². The fourth-order valence-corrected chi connectivity index (χ4v) is 2.15. The smallest absolute Gasteiger partial charge is 0.228 e. The van der Waals surface area contributed by atoms with E-state index in [0.29, 0.717) is 17.7 Å². The zero-order chi connectivity index (χ0) is 12.0. The van der Waals surface area contributed by atoms with Gasteiger partial charge in [-0.05, 0) is 11.6 Å². The van der Waals surface area contributed by atoms with Crippen LogP contribution in [0.25, 0.3) is 0 Å². The number of ketones is 2. The van der Waals surface area contributed by atoms with E-state index in [1.165, 1.54) is 6.92 Å². The van der Waals surface area contributed by atoms with Gasteiger partial charge in [-0.25, -0.2) is 0 Å². The number of carbonyl (C=O) groups excluding carboxylic acids is 2. The van der Waals surface area contributed by atoms with E-state index in [9.17, 15) is 9.59 Å². The molecule has 1 aliphatic rings. The standard InChI is InChI=1S/C14H10O3/c1-8(15)12-7-10-6-9-4-2-3-5-11(9)13(16)14(10)17-12/h2-5,7H,6H2,1H3. The summed E-state index contributed by atoms with van der Waals surface area (Å²) in [6.45, 7) is 1.43. The van der Waals surface area contributed by atoms with Crippen LogP contribution in [0.15, 0.2) is 34.7 Å². The Kier molecular flexibility index (Phi) is 2.01. The molecular weight excluding hydrogens is 216 g/mol. The molecule has 1 heterocycles. The van der Waals surface area contributed by atoms with Gasteiger partial charge in [0.05, 0.1) is 0 Å². The summed E-state index contributed by atoms with van der Waals surface area (Å²) in [7, 11) is 0. The van der Waals surface area contributed by atoms with Crippen LogP contribution >= 0.6 is 0 Å². The second-order valence-electron chi connectivity index (χ2n) is 4.18. The van der Waals surface area contributed by atoms with Crippen LogP contribution in [-0.2, 0) is 6.42 Å². The molecule has 1 aliphatic carbocycles. The number of furan rings is 1. The molecule has 3 rings (SSSR count). The van der Waals surface area contributed by atoms with Gasteiger partial charge < -0.3 is 4.42 Å². The van der Waals surface area contributed by atoms with Crippen LogP contribution < -0.4 is 0 Å². The maximum Gasteiger partial charge on any atom is 0.228 e. The van der Waals surface area contributed by atoms with Crippen molar-refractivity contribution < 1.29 is 14.0 Å². The first-order valence-corrected chi connectivity index (χ1v) is 5.43. The Morgan fingerprint density at radius 2 is 2.00 bits per heavy atom. The summed E-state index contributed by atoms with van der Waals surface area (Å²) >= 11 is 0. The predicted molar refractivity (Wildman–Crippen MR) is 61.4 cm³/mol. The Bertz CT molecular complexity index is 635. The minimum atomic E-state index is -0.156. The third kappa shape index (κ3) is 1.43. The monoisotopic (exact) mass is 226 g/mol. The first-order chi connectivity index (χ1) is 8.16. The summed E-state index contributed by atoms with van der Waals surface area (Å²) in [4.78, 5) is 23.4. The third-order valence-corrected chi connectivity index (χ3v) is 3.01. The van der Waals surface area contributed by atoms with Crippen molar-refractivity contribution in [3.8, 4) is 0 Å². The number of rotatable bonds is 1. The van der Waals surface area contributed by atoms with Crippen molar-refractivity contribution >= 4 is 11.6 Å². The Balaban J connectivity index is 2.17. The molecule has 1 aromatic heterocycles. The molecule has 0 fully saturated rings. The summed E-state index contributed by atoms with van der Waals surface area (Å²) in [6, 6.07) is 9.12. The van der Waals surface area contributed by atoms with Crippen LogP contribution in [0.1, 0.15) is 44.7 Å². The van der Waals surface area contributed by atoms with Crippen molar-refractivity contribution in [1.82, 2.24) is 0 Å². The predicted octanol–water partition coefficient (Wildman–Crippen LogP) is 2.62. The normalized spacial score (nSPS) is 13.1. The first kappa shape index (κ1) is 10.0. The minimum Gasteiger partial charge on any atom is -0.449 e. The average Bonchev–Trinajstić information content (AvgIpc) is 2.74. The summed E-state index contributed by atoms with van der Waals surface area (Å²) < 4.78 is 5.34. The summed E-state index contributed by atoms with van der Waals surface area (Å²) in [5.74, 6) is 0.288. The van der Waals surface area contributed by atoms with E-state index in [4.69, 9.17) is 4.42 Å². The van der Waals surface area contributed by atoms with Crippen molar-refractivity contribution in [1.29, 1.82) is 0 Å². The number of fused-ring (bicyclic) bond motifs is 2. The molecule has 0 unspecified atom stereocenters. The van der Waals surface area contributed by atoms with E-state index in [2.05, 4.69) is 0 Å². The molecule has 0 amide bonds. The molecule has 3 nitrogen and oxygen atoms in total. The van der Waals surface area contributed by atoms with Gasteiger partial charge in [0.15, 0.2) is 17.3 Å². The van der Waals surface area contributed by atoms with Gasteiger partial charge in [0, 0.05) is 24.5 Å². The molecule has 2 aromatic rings. The van der Waals surface area contributed by atoms with Crippen LogP contribution in [0, 0.1) is 0 Å². The topological polar surface area (TPSA) is 47.3 Å². The molecule has 0 atom stereocenters. The van der Waals surface area contributed by atoms with Crippen molar-refractivity contribution in [3.05, 3.63) is 58.5 Å². The lowest BCUT2D eigenvalue weighted by Gasteiger charge is -2.12. The lowest BCUT2D eigenvalue weighted by Crippen LogP contribution is -2.12. The molecule has 0 spiro atoms. The van der Waals surface area contributed by atoms with Crippen LogP contribution in [0.5, 0.6) is 0 Å². The molecule has 0 aliphatic heterocycles. The van der Waals surface area contributed by atoms with Gasteiger partial charge in [-0.1, -0.05) is 24.3 Å². The van der Waals surface area contributed by atoms with Gasteiger partial charge in [0.1, 0.15) is 0 Å². The van der Waals surface area contributed by atoms with Crippen LogP contribution in [0.4, 0.5) is 0 Å². The average molecular weight is 226 g/mol. The van der Waals surface area contributed by atoms with Gasteiger partial charge >= 0.3 is 0 Å². The van der Waals surface area contributed by atoms with E-state index in [1.807, 2.05) is 18.2 Å². The number of hydrogen-bond donors (Lipinski definition) is 0. The third-order valence-electron chi connectivity index (χ3n) is 3.01. The van der Waals surface area contributed by atoms with Gasteiger partial charge in [0.25, 0.3) is 0 Å². The van der Waals surface area contributed by atoms with Crippen molar-refractivity contribution in [3.63, 3.8) is 0 Å². The van der Waals surface area contributed by atoms with Crippen molar-refractivity contribution in [2.45, 2.75) is 13.3 Å². The second-order valence-corrected chi connectivity index (χ2v) is 4.18. The highest BCUT2D eigenvalue weighted by atomic mass is 16.4. The minimum absolute atomic E-state index is 0.130. The highest BCUT2D eigenvalue weighted by Crippen LogP contribution is 2.29. The second kappa shape index (κ2) is 3.42. The zero-order valence-corrected chi connectivity index (χ0v) is 9.32. The summed E-state index contributed by atoms with van der Waals surface area (Å²) in [6.07, 6.45) is 0.647. The molecule has 1 aromatic carbocycles. The maximum atomic E-state index is 12.1. The SMILES string of the molecule is CC(=O)c1cc2c(o1)C(=O)c1ccccc1C2. The molecule has 0 saturated carbocycles. The fraction of sp³-hybridized carbons (Fsp3) is 0.143. The molecule has 0 bridgehead atoms. The molecular formula is C14H10O3.